The standard InChI is InChI=1S/C21H32FN3O2/c1-2-23-20(24-12-6-13-26-15-17-7-5-14-27-17)25-16-21(10-11-21)18-8-3-4-9-19(18)22/h3-4,8-9,17H,2,5-7,10-16H2,1H3,(H2,23,24,25). The molecule has 3 rings (SSSR count). The van der Waals surface area contributed by atoms with Gasteiger partial charge < -0.3 is 20.1 Å². The Bertz CT molecular complexity index is 613. The number of hydrogen-bond acceptors (Lipinski definition) is 3. The van der Waals surface area contributed by atoms with Crippen molar-refractivity contribution < 1.29 is 13.9 Å². The van der Waals surface area contributed by atoms with Gasteiger partial charge in [-0.15, -0.1) is 0 Å². The summed E-state index contributed by atoms with van der Waals surface area (Å²) in [5.41, 5.74) is 0.671. The van der Waals surface area contributed by atoms with Gasteiger partial charge in [0, 0.05) is 31.7 Å². The first kappa shape index (κ1) is 20.1. The maximum Gasteiger partial charge on any atom is 0.191 e. The van der Waals surface area contributed by atoms with Gasteiger partial charge >= 0.3 is 0 Å². The van der Waals surface area contributed by atoms with Crippen LogP contribution in [-0.4, -0.2) is 51.5 Å². The third-order valence-corrected chi connectivity index (χ3v) is 5.27. The van der Waals surface area contributed by atoms with Crippen LogP contribution >= 0.6 is 0 Å². The fourth-order valence-corrected chi connectivity index (χ4v) is 3.50. The van der Waals surface area contributed by atoms with E-state index in [9.17, 15) is 4.39 Å². The summed E-state index contributed by atoms with van der Waals surface area (Å²) in [6, 6.07) is 7.08. The largest absolute Gasteiger partial charge is 0.379 e. The van der Waals surface area contributed by atoms with Gasteiger partial charge in [-0.2, -0.15) is 0 Å². The molecule has 1 unspecified atom stereocenters. The molecule has 27 heavy (non-hydrogen) atoms. The highest BCUT2D eigenvalue weighted by molar-refractivity contribution is 5.79. The maximum atomic E-state index is 14.1. The zero-order chi connectivity index (χ0) is 19.0. The van der Waals surface area contributed by atoms with Gasteiger partial charge in [0.15, 0.2) is 5.96 Å². The molecule has 1 saturated heterocycles. The summed E-state index contributed by atoms with van der Waals surface area (Å²) in [6.07, 6.45) is 5.44. The summed E-state index contributed by atoms with van der Waals surface area (Å²) in [6.45, 7) is 6.53. The lowest BCUT2D eigenvalue weighted by Crippen LogP contribution is -2.38. The van der Waals surface area contributed by atoms with E-state index >= 15 is 0 Å². The zero-order valence-electron chi connectivity index (χ0n) is 16.3. The Labute approximate surface area is 161 Å². The van der Waals surface area contributed by atoms with Crippen LogP contribution in [-0.2, 0) is 14.9 Å². The average Bonchev–Trinajstić information content (AvgIpc) is 3.28. The molecule has 1 heterocycles. The Hall–Kier alpha value is -1.66. The highest BCUT2D eigenvalue weighted by Crippen LogP contribution is 2.49. The molecule has 2 fully saturated rings. The minimum atomic E-state index is -0.127. The second-order valence-electron chi connectivity index (χ2n) is 7.45. The van der Waals surface area contributed by atoms with E-state index in [1.165, 1.54) is 0 Å². The van der Waals surface area contributed by atoms with Crippen LogP contribution in [0.5, 0.6) is 0 Å². The Morgan fingerprint density at radius 3 is 2.89 bits per heavy atom. The molecule has 150 valence electrons. The first-order valence-electron chi connectivity index (χ1n) is 10.2. The highest BCUT2D eigenvalue weighted by atomic mass is 19.1. The predicted octanol–water partition coefficient (Wildman–Crippen LogP) is 3.00. The van der Waals surface area contributed by atoms with Gasteiger partial charge in [0.1, 0.15) is 5.82 Å². The molecule has 1 aliphatic carbocycles. The fourth-order valence-electron chi connectivity index (χ4n) is 3.50. The summed E-state index contributed by atoms with van der Waals surface area (Å²) in [5, 5.41) is 6.62. The van der Waals surface area contributed by atoms with E-state index in [4.69, 9.17) is 14.5 Å². The van der Waals surface area contributed by atoms with E-state index in [0.717, 1.165) is 63.3 Å². The lowest BCUT2D eigenvalue weighted by molar-refractivity contribution is 0.0168. The fraction of sp³-hybridized carbons (Fsp3) is 0.667. The average molecular weight is 378 g/mol. The van der Waals surface area contributed by atoms with Crippen molar-refractivity contribution in [1.82, 2.24) is 10.6 Å². The van der Waals surface area contributed by atoms with Crippen molar-refractivity contribution in [3.63, 3.8) is 0 Å². The number of benzene rings is 1. The maximum absolute atomic E-state index is 14.1. The van der Waals surface area contributed by atoms with Crippen LogP contribution < -0.4 is 10.6 Å². The number of aliphatic imine (C=N–C) groups is 1. The van der Waals surface area contributed by atoms with Gasteiger partial charge in [0.2, 0.25) is 0 Å². The second kappa shape index (κ2) is 10.0. The second-order valence-corrected chi connectivity index (χ2v) is 7.45. The molecule has 1 aliphatic heterocycles. The van der Waals surface area contributed by atoms with Gasteiger partial charge in [-0.25, -0.2) is 4.39 Å². The Morgan fingerprint density at radius 1 is 1.33 bits per heavy atom. The predicted molar refractivity (Wildman–Crippen MR) is 106 cm³/mol. The van der Waals surface area contributed by atoms with E-state index < -0.39 is 0 Å². The number of nitrogens with zero attached hydrogens (tertiary/aromatic N) is 1. The number of nitrogens with one attached hydrogen (secondary N) is 2. The van der Waals surface area contributed by atoms with Crippen molar-refractivity contribution in [2.45, 2.75) is 50.5 Å². The van der Waals surface area contributed by atoms with Crippen molar-refractivity contribution >= 4 is 5.96 Å². The summed E-state index contributed by atoms with van der Waals surface area (Å²) in [7, 11) is 0. The van der Waals surface area contributed by atoms with Gasteiger partial charge in [0.25, 0.3) is 0 Å². The van der Waals surface area contributed by atoms with Crippen molar-refractivity contribution in [2.75, 3.05) is 39.5 Å². The quantitative estimate of drug-likeness (QED) is 0.374. The van der Waals surface area contributed by atoms with Crippen LogP contribution in [0.25, 0.3) is 0 Å². The smallest absolute Gasteiger partial charge is 0.191 e. The number of halogens is 1. The number of hydrogen-bond donors (Lipinski definition) is 2. The first-order valence-corrected chi connectivity index (χ1v) is 10.2. The molecule has 0 radical (unpaired) electrons. The number of ether oxygens (including phenoxy) is 2. The Kier molecular flexibility index (Phi) is 7.47. The molecule has 5 nitrogen and oxygen atoms in total. The topological polar surface area (TPSA) is 54.9 Å². The highest BCUT2D eigenvalue weighted by Gasteiger charge is 2.45. The summed E-state index contributed by atoms with van der Waals surface area (Å²) in [4.78, 5) is 4.71. The van der Waals surface area contributed by atoms with Crippen molar-refractivity contribution in [1.29, 1.82) is 0 Å². The van der Waals surface area contributed by atoms with Gasteiger partial charge in [0.05, 0.1) is 19.3 Å². The normalized spacial score (nSPS) is 21.3. The SMILES string of the molecule is CCNC(=NCC1(c2ccccc2F)CC1)NCCCOCC1CCCO1. The Morgan fingerprint density at radius 2 is 2.19 bits per heavy atom. The zero-order valence-corrected chi connectivity index (χ0v) is 16.3. The molecular weight excluding hydrogens is 345 g/mol. The van der Waals surface area contributed by atoms with Crippen LogP contribution in [0.3, 0.4) is 0 Å². The van der Waals surface area contributed by atoms with E-state index in [-0.39, 0.29) is 17.3 Å². The molecule has 1 saturated carbocycles. The summed E-state index contributed by atoms with van der Waals surface area (Å²) in [5.74, 6) is 0.672. The monoisotopic (exact) mass is 377 g/mol. The molecule has 1 atom stereocenters. The molecule has 6 heteroatoms. The minimum absolute atomic E-state index is 0.119. The Balaban J connectivity index is 1.41. The van der Waals surface area contributed by atoms with Gasteiger partial charge in [-0.3, -0.25) is 4.99 Å². The van der Waals surface area contributed by atoms with Gasteiger partial charge in [-0.05, 0) is 50.7 Å². The van der Waals surface area contributed by atoms with Gasteiger partial charge in [-0.1, -0.05) is 18.2 Å². The molecular formula is C21H32FN3O2. The molecule has 1 aromatic rings. The lowest BCUT2D eigenvalue weighted by atomic mass is 9.95. The van der Waals surface area contributed by atoms with Crippen LogP contribution in [0.2, 0.25) is 0 Å². The molecule has 0 bridgehead atoms. The number of rotatable bonds is 10. The first-order chi connectivity index (χ1) is 13.2. The third-order valence-electron chi connectivity index (χ3n) is 5.27. The minimum Gasteiger partial charge on any atom is -0.379 e. The molecule has 1 aromatic carbocycles. The van der Waals surface area contributed by atoms with E-state index in [1.807, 2.05) is 19.1 Å². The van der Waals surface area contributed by atoms with E-state index in [2.05, 4.69) is 10.6 Å². The van der Waals surface area contributed by atoms with Crippen molar-refractivity contribution in [3.05, 3.63) is 35.6 Å². The van der Waals surface area contributed by atoms with Crippen molar-refractivity contribution in [3.8, 4) is 0 Å². The van der Waals surface area contributed by atoms with Crippen molar-refractivity contribution in [2.24, 2.45) is 4.99 Å². The molecule has 0 aromatic heterocycles. The summed E-state index contributed by atoms with van der Waals surface area (Å²) >= 11 is 0. The lowest BCUT2D eigenvalue weighted by Gasteiger charge is -2.16. The van der Waals surface area contributed by atoms with Crippen LogP contribution in [0.15, 0.2) is 29.3 Å². The third kappa shape index (κ3) is 5.91. The number of guanidine groups is 1. The van der Waals surface area contributed by atoms with Crippen LogP contribution in [0.1, 0.15) is 44.6 Å². The van der Waals surface area contributed by atoms with E-state index in [1.54, 1.807) is 12.1 Å². The van der Waals surface area contributed by atoms with E-state index in [0.29, 0.717) is 19.8 Å². The van der Waals surface area contributed by atoms with Crippen LogP contribution in [0, 0.1) is 5.82 Å². The molecule has 0 amide bonds. The molecule has 2 N–H and O–H groups in total. The molecule has 2 aliphatic rings. The van der Waals surface area contributed by atoms with Crippen LogP contribution in [0.4, 0.5) is 4.39 Å². The summed E-state index contributed by atoms with van der Waals surface area (Å²) < 4.78 is 25.4. The molecule has 0 spiro atoms.